The maximum absolute atomic E-state index is 11.7. The molecule has 0 fully saturated rings. The van der Waals surface area contributed by atoms with Gasteiger partial charge in [-0.05, 0) is 46.3 Å². The lowest BCUT2D eigenvalue weighted by Gasteiger charge is -2.27. The van der Waals surface area contributed by atoms with Crippen LogP contribution in [0.2, 0.25) is 0 Å². The summed E-state index contributed by atoms with van der Waals surface area (Å²) in [6.07, 6.45) is 6.79. The Balaban J connectivity index is 2.05. The van der Waals surface area contributed by atoms with Gasteiger partial charge in [-0.3, -0.25) is 9.97 Å². The largest absolute Gasteiger partial charge is 0.373 e. The molecule has 0 saturated carbocycles. The van der Waals surface area contributed by atoms with Crippen LogP contribution in [0.15, 0.2) is 71.7 Å². The molecule has 2 N–H and O–H groups in total. The first-order valence-corrected chi connectivity index (χ1v) is 8.17. The molecule has 4 rings (SSSR count). The zero-order valence-electron chi connectivity index (χ0n) is 12.5. The van der Waals surface area contributed by atoms with Crippen molar-refractivity contribution in [1.29, 1.82) is 0 Å². The standard InChI is InChI=1S/C18H13BrN4O/c19-12-9-13-14(11-23-17(13)22-10-12)18(24,15-5-1-3-7-20-15)16-6-2-4-8-21-16/h1-11,24H,(H,22,23). The van der Waals surface area contributed by atoms with Crippen molar-refractivity contribution in [3.8, 4) is 0 Å². The smallest absolute Gasteiger partial charge is 0.176 e. The summed E-state index contributed by atoms with van der Waals surface area (Å²) in [4.78, 5) is 16.2. The van der Waals surface area contributed by atoms with Crippen molar-refractivity contribution in [3.63, 3.8) is 0 Å². The molecule has 0 aromatic carbocycles. The van der Waals surface area contributed by atoms with Gasteiger partial charge in [0, 0.05) is 40.2 Å². The molecule has 6 heteroatoms. The molecule has 0 amide bonds. The fourth-order valence-corrected chi connectivity index (χ4v) is 3.17. The second kappa shape index (κ2) is 5.81. The first kappa shape index (κ1) is 15.0. The maximum Gasteiger partial charge on any atom is 0.176 e. The molecule has 0 aliphatic carbocycles. The molecule has 4 aromatic rings. The molecule has 0 spiro atoms. The van der Waals surface area contributed by atoms with E-state index in [1.165, 1.54) is 0 Å². The van der Waals surface area contributed by atoms with Crippen molar-refractivity contribution >= 4 is 27.0 Å². The van der Waals surface area contributed by atoms with Crippen LogP contribution in [0.5, 0.6) is 0 Å². The molecule has 5 nitrogen and oxygen atoms in total. The van der Waals surface area contributed by atoms with Crippen molar-refractivity contribution in [1.82, 2.24) is 19.9 Å². The fraction of sp³-hybridized carbons (Fsp3) is 0.0556. The highest BCUT2D eigenvalue weighted by atomic mass is 79.9. The lowest BCUT2D eigenvalue weighted by molar-refractivity contribution is 0.117. The van der Waals surface area contributed by atoms with Gasteiger partial charge in [0.2, 0.25) is 0 Å². The third-order valence-corrected chi connectivity index (χ3v) is 4.39. The number of nitrogens with zero attached hydrogens (tertiary/aromatic N) is 3. The van der Waals surface area contributed by atoms with Gasteiger partial charge in [0.05, 0.1) is 11.4 Å². The minimum atomic E-state index is -1.48. The third kappa shape index (κ3) is 2.31. The van der Waals surface area contributed by atoms with Crippen molar-refractivity contribution < 1.29 is 5.11 Å². The van der Waals surface area contributed by atoms with Gasteiger partial charge < -0.3 is 10.1 Å². The number of halogens is 1. The van der Waals surface area contributed by atoms with Gasteiger partial charge >= 0.3 is 0 Å². The molecule has 118 valence electrons. The lowest BCUT2D eigenvalue weighted by atomic mass is 9.86. The molecule has 0 atom stereocenters. The summed E-state index contributed by atoms with van der Waals surface area (Å²) in [5, 5.41) is 12.5. The SMILES string of the molecule is OC(c1ccccn1)(c1ccccn1)c1c[nH]c2ncc(Br)cc12. The van der Waals surface area contributed by atoms with Gasteiger partial charge in [-0.25, -0.2) is 4.98 Å². The third-order valence-electron chi connectivity index (χ3n) is 3.96. The molecule has 0 saturated heterocycles. The van der Waals surface area contributed by atoms with Crippen LogP contribution in [0.3, 0.4) is 0 Å². The van der Waals surface area contributed by atoms with Crippen molar-refractivity contribution in [2.24, 2.45) is 0 Å². The monoisotopic (exact) mass is 380 g/mol. The van der Waals surface area contributed by atoms with E-state index < -0.39 is 5.60 Å². The minimum Gasteiger partial charge on any atom is -0.373 e. The highest BCUT2D eigenvalue weighted by Crippen LogP contribution is 2.38. The van der Waals surface area contributed by atoms with Gasteiger partial charge in [-0.2, -0.15) is 0 Å². The van der Waals surface area contributed by atoms with E-state index in [2.05, 4.69) is 35.9 Å². The number of pyridine rings is 3. The number of H-pyrrole nitrogens is 1. The number of aromatic nitrogens is 4. The second-order valence-corrected chi connectivity index (χ2v) is 6.31. The van der Waals surface area contributed by atoms with Crippen LogP contribution >= 0.6 is 15.9 Å². The zero-order valence-corrected chi connectivity index (χ0v) is 14.1. The van der Waals surface area contributed by atoms with E-state index in [0.717, 1.165) is 9.86 Å². The average Bonchev–Trinajstić information content (AvgIpc) is 3.06. The Morgan fingerprint density at radius 1 is 0.958 bits per heavy atom. The summed E-state index contributed by atoms with van der Waals surface area (Å²) in [5.41, 5.74) is 0.875. The summed E-state index contributed by atoms with van der Waals surface area (Å²) in [6.45, 7) is 0. The van der Waals surface area contributed by atoms with E-state index in [9.17, 15) is 5.11 Å². The Kier molecular flexibility index (Phi) is 3.63. The van der Waals surface area contributed by atoms with Crippen LogP contribution in [0.25, 0.3) is 11.0 Å². The number of nitrogens with one attached hydrogen (secondary N) is 1. The summed E-state index contributed by atoms with van der Waals surface area (Å²) in [6, 6.07) is 12.8. The average molecular weight is 381 g/mol. The van der Waals surface area contributed by atoms with E-state index in [1.54, 1.807) is 36.9 Å². The Labute approximate surface area is 146 Å². The molecule has 0 bridgehead atoms. The van der Waals surface area contributed by atoms with Crippen LogP contribution < -0.4 is 0 Å². The number of aliphatic hydroxyl groups is 1. The normalized spacial score (nSPS) is 11.8. The molecular formula is C18H13BrN4O. The maximum atomic E-state index is 11.7. The van der Waals surface area contributed by atoms with Crippen LogP contribution in [0.1, 0.15) is 17.0 Å². The van der Waals surface area contributed by atoms with Crippen molar-refractivity contribution in [2.75, 3.05) is 0 Å². The Bertz CT molecular complexity index is 946. The molecule has 4 aromatic heterocycles. The highest BCUT2D eigenvalue weighted by Gasteiger charge is 2.38. The van der Waals surface area contributed by atoms with Gasteiger partial charge in [0.1, 0.15) is 5.65 Å². The number of hydrogen-bond donors (Lipinski definition) is 2. The highest BCUT2D eigenvalue weighted by molar-refractivity contribution is 9.10. The lowest BCUT2D eigenvalue weighted by Crippen LogP contribution is -2.30. The predicted molar refractivity (Wildman–Crippen MR) is 94.4 cm³/mol. The molecule has 0 radical (unpaired) electrons. The summed E-state index contributed by atoms with van der Waals surface area (Å²) >= 11 is 3.44. The quantitative estimate of drug-likeness (QED) is 0.571. The molecule has 0 aliphatic heterocycles. The molecule has 0 unspecified atom stereocenters. The van der Waals surface area contributed by atoms with Gasteiger partial charge in [-0.15, -0.1) is 0 Å². The minimum absolute atomic E-state index is 0.504. The zero-order chi connectivity index (χ0) is 16.6. The van der Waals surface area contributed by atoms with E-state index >= 15 is 0 Å². The van der Waals surface area contributed by atoms with E-state index in [0.29, 0.717) is 22.6 Å². The summed E-state index contributed by atoms with van der Waals surface area (Å²) in [5.74, 6) is 0. The molecular weight excluding hydrogens is 368 g/mol. The van der Waals surface area contributed by atoms with Gasteiger partial charge in [0.15, 0.2) is 5.60 Å². The van der Waals surface area contributed by atoms with Gasteiger partial charge in [-0.1, -0.05) is 12.1 Å². The van der Waals surface area contributed by atoms with Crippen LogP contribution in [0.4, 0.5) is 0 Å². The van der Waals surface area contributed by atoms with Crippen LogP contribution in [-0.2, 0) is 5.60 Å². The number of fused-ring (bicyclic) bond motifs is 1. The second-order valence-electron chi connectivity index (χ2n) is 5.39. The van der Waals surface area contributed by atoms with E-state index in [4.69, 9.17) is 0 Å². The van der Waals surface area contributed by atoms with Gasteiger partial charge in [0.25, 0.3) is 0 Å². The Hall–Kier alpha value is -2.57. The van der Waals surface area contributed by atoms with Crippen LogP contribution in [-0.4, -0.2) is 25.0 Å². The fourth-order valence-electron chi connectivity index (χ4n) is 2.84. The first-order valence-electron chi connectivity index (χ1n) is 7.38. The van der Waals surface area contributed by atoms with E-state index in [-0.39, 0.29) is 0 Å². The number of rotatable bonds is 3. The Morgan fingerprint density at radius 3 is 2.21 bits per heavy atom. The van der Waals surface area contributed by atoms with Crippen LogP contribution in [0, 0.1) is 0 Å². The number of hydrogen-bond acceptors (Lipinski definition) is 4. The van der Waals surface area contributed by atoms with Crippen molar-refractivity contribution in [2.45, 2.75) is 5.60 Å². The van der Waals surface area contributed by atoms with E-state index in [1.807, 2.05) is 30.3 Å². The number of aromatic amines is 1. The molecule has 0 aliphatic rings. The predicted octanol–water partition coefficient (Wildman–Crippen LogP) is 3.40. The molecule has 4 heterocycles. The Morgan fingerprint density at radius 2 is 1.62 bits per heavy atom. The molecule has 24 heavy (non-hydrogen) atoms. The van der Waals surface area contributed by atoms with Crippen molar-refractivity contribution in [3.05, 3.63) is 88.7 Å². The summed E-state index contributed by atoms with van der Waals surface area (Å²) < 4.78 is 0.834. The topological polar surface area (TPSA) is 74.7 Å². The first-order chi connectivity index (χ1) is 11.7. The summed E-state index contributed by atoms with van der Waals surface area (Å²) in [7, 11) is 0.